The van der Waals surface area contributed by atoms with E-state index in [-0.39, 0.29) is 6.10 Å². The maximum Gasteiger partial charge on any atom is 0.218 e. The summed E-state index contributed by atoms with van der Waals surface area (Å²) in [5.74, 6) is 0.714. The van der Waals surface area contributed by atoms with Gasteiger partial charge in [0.1, 0.15) is 0 Å². The lowest BCUT2D eigenvalue weighted by Crippen LogP contribution is -2.15. The summed E-state index contributed by atoms with van der Waals surface area (Å²) >= 11 is 0. The van der Waals surface area contributed by atoms with Crippen molar-refractivity contribution in [3.8, 4) is 5.88 Å². The number of nitrogens with one attached hydrogen (secondary N) is 2. The molecular formula is C14H19N3O. The van der Waals surface area contributed by atoms with Crippen molar-refractivity contribution >= 4 is 0 Å². The van der Waals surface area contributed by atoms with Gasteiger partial charge in [-0.3, -0.25) is 0 Å². The molecule has 2 N–H and O–H groups in total. The molecule has 4 nitrogen and oxygen atoms in total. The standard InChI is InChI=1S/C14H19N3O/c1-11(2)18-14-12(5-3-8-17-14)9-15-10-13-6-4-7-16-13/h3-8,11,15-16H,9-10H2,1-2H3. The predicted octanol–water partition coefficient (Wildman–Crippen LogP) is 2.49. The summed E-state index contributed by atoms with van der Waals surface area (Å²) < 4.78 is 5.67. The van der Waals surface area contributed by atoms with E-state index in [4.69, 9.17) is 4.74 Å². The molecule has 18 heavy (non-hydrogen) atoms. The van der Waals surface area contributed by atoms with Gasteiger partial charge in [-0.15, -0.1) is 0 Å². The number of pyridine rings is 1. The Morgan fingerprint density at radius 2 is 2.17 bits per heavy atom. The molecule has 2 heterocycles. The molecule has 0 fully saturated rings. The molecule has 0 spiro atoms. The fourth-order valence-corrected chi connectivity index (χ4v) is 1.70. The van der Waals surface area contributed by atoms with Gasteiger partial charge in [-0.25, -0.2) is 4.98 Å². The molecule has 0 amide bonds. The van der Waals surface area contributed by atoms with E-state index in [1.165, 1.54) is 5.69 Å². The van der Waals surface area contributed by atoms with Gasteiger partial charge in [-0.05, 0) is 32.0 Å². The van der Waals surface area contributed by atoms with Crippen molar-refractivity contribution in [3.05, 3.63) is 47.9 Å². The van der Waals surface area contributed by atoms with Crippen molar-refractivity contribution < 1.29 is 4.74 Å². The smallest absolute Gasteiger partial charge is 0.218 e. The van der Waals surface area contributed by atoms with E-state index >= 15 is 0 Å². The quantitative estimate of drug-likeness (QED) is 0.822. The average molecular weight is 245 g/mol. The van der Waals surface area contributed by atoms with E-state index in [1.807, 2.05) is 38.2 Å². The predicted molar refractivity (Wildman–Crippen MR) is 71.3 cm³/mol. The van der Waals surface area contributed by atoms with Gasteiger partial charge in [-0.2, -0.15) is 0 Å². The highest BCUT2D eigenvalue weighted by molar-refractivity contribution is 5.25. The van der Waals surface area contributed by atoms with Crippen LogP contribution in [0.4, 0.5) is 0 Å². The van der Waals surface area contributed by atoms with Crippen molar-refractivity contribution in [2.45, 2.75) is 33.0 Å². The van der Waals surface area contributed by atoms with Crippen molar-refractivity contribution in [1.82, 2.24) is 15.3 Å². The second kappa shape index (κ2) is 6.21. The fraction of sp³-hybridized carbons (Fsp3) is 0.357. The molecule has 0 bridgehead atoms. The van der Waals surface area contributed by atoms with Gasteiger partial charge in [0.25, 0.3) is 0 Å². The maximum atomic E-state index is 5.67. The first-order chi connectivity index (χ1) is 8.75. The minimum atomic E-state index is 0.141. The number of H-pyrrole nitrogens is 1. The fourth-order valence-electron chi connectivity index (χ4n) is 1.70. The normalized spacial score (nSPS) is 10.8. The van der Waals surface area contributed by atoms with Crippen LogP contribution < -0.4 is 10.1 Å². The van der Waals surface area contributed by atoms with Crippen LogP contribution in [0.25, 0.3) is 0 Å². The summed E-state index contributed by atoms with van der Waals surface area (Å²) in [4.78, 5) is 7.43. The summed E-state index contributed by atoms with van der Waals surface area (Å²) in [5, 5.41) is 3.37. The lowest BCUT2D eigenvalue weighted by molar-refractivity contribution is 0.229. The molecule has 0 unspecified atom stereocenters. The SMILES string of the molecule is CC(C)Oc1ncccc1CNCc1ccc[nH]1. The molecule has 2 aromatic heterocycles. The van der Waals surface area contributed by atoms with Crippen LogP contribution in [-0.2, 0) is 13.1 Å². The second-order valence-electron chi connectivity index (χ2n) is 4.43. The van der Waals surface area contributed by atoms with Crippen LogP contribution in [0.3, 0.4) is 0 Å². The van der Waals surface area contributed by atoms with Crippen molar-refractivity contribution in [3.63, 3.8) is 0 Å². The Balaban J connectivity index is 1.92. The van der Waals surface area contributed by atoms with Gasteiger partial charge >= 0.3 is 0 Å². The first-order valence-electron chi connectivity index (χ1n) is 6.19. The van der Waals surface area contributed by atoms with Crippen LogP contribution in [0.2, 0.25) is 0 Å². The molecule has 0 aliphatic heterocycles. The number of ether oxygens (including phenoxy) is 1. The number of hydrogen-bond donors (Lipinski definition) is 2. The van der Waals surface area contributed by atoms with E-state index in [0.29, 0.717) is 5.88 Å². The molecule has 0 radical (unpaired) electrons. The van der Waals surface area contributed by atoms with Crippen LogP contribution in [0, 0.1) is 0 Å². The number of nitrogens with zero attached hydrogens (tertiary/aromatic N) is 1. The highest BCUT2D eigenvalue weighted by atomic mass is 16.5. The van der Waals surface area contributed by atoms with Gasteiger partial charge in [0.15, 0.2) is 0 Å². The Hall–Kier alpha value is -1.81. The molecule has 0 aliphatic rings. The second-order valence-corrected chi connectivity index (χ2v) is 4.43. The molecule has 2 aromatic rings. The zero-order valence-electron chi connectivity index (χ0n) is 10.8. The Kier molecular flexibility index (Phi) is 4.36. The summed E-state index contributed by atoms with van der Waals surface area (Å²) in [6, 6.07) is 8.02. The Labute approximate surface area is 107 Å². The lowest BCUT2D eigenvalue weighted by atomic mass is 10.2. The highest BCUT2D eigenvalue weighted by Crippen LogP contribution is 2.15. The zero-order valence-corrected chi connectivity index (χ0v) is 10.8. The van der Waals surface area contributed by atoms with Crippen LogP contribution in [0.15, 0.2) is 36.7 Å². The molecule has 4 heteroatoms. The summed E-state index contributed by atoms with van der Waals surface area (Å²) in [6.45, 7) is 5.56. The minimum absolute atomic E-state index is 0.141. The van der Waals surface area contributed by atoms with Crippen LogP contribution in [0.5, 0.6) is 5.88 Å². The van der Waals surface area contributed by atoms with Gasteiger partial charge in [0.05, 0.1) is 6.10 Å². The average Bonchev–Trinajstić information content (AvgIpc) is 2.84. The van der Waals surface area contributed by atoms with E-state index in [0.717, 1.165) is 18.7 Å². The zero-order chi connectivity index (χ0) is 12.8. The van der Waals surface area contributed by atoms with Gasteiger partial charge in [-0.1, -0.05) is 6.07 Å². The third kappa shape index (κ3) is 3.60. The molecule has 96 valence electrons. The highest BCUT2D eigenvalue weighted by Gasteiger charge is 2.06. The third-order valence-corrected chi connectivity index (χ3v) is 2.49. The number of aromatic nitrogens is 2. The molecule has 0 aromatic carbocycles. The lowest BCUT2D eigenvalue weighted by Gasteiger charge is -2.13. The Morgan fingerprint density at radius 1 is 1.28 bits per heavy atom. The third-order valence-electron chi connectivity index (χ3n) is 2.49. The summed E-state index contributed by atoms with van der Waals surface area (Å²) in [7, 11) is 0. The van der Waals surface area contributed by atoms with Gasteiger partial charge < -0.3 is 15.0 Å². The first-order valence-corrected chi connectivity index (χ1v) is 6.19. The molecular weight excluding hydrogens is 226 g/mol. The number of hydrogen-bond acceptors (Lipinski definition) is 3. The van der Waals surface area contributed by atoms with E-state index in [9.17, 15) is 0 Å². The van der Waals surface area contributed by atoms with E-state index < -0.39 is 0 Å². The monoisotopic (exact) mass is 245 g/mol. The topological polar surface area (TPSA) is 49.9 Å². The largest absolute Gasteiger partial charge is 0.475 e. The van der Waals surface area contributed by atoms with Crippen LogP contribution in [0.1, 0.15) is 25.1 Å². The number of aromatic amines is 1. The molecule has 0 atom stereocenters. The minimum Gasteiger partial charge on any atom is -0.475 e. The summed E-state index contributed by atoms with van der Waals surface area (Å²) in [5.41, 5.74) is 2.25. The first kappa shape index (κ1) is 12.6. The van der Waals surface area contributed by atoms with Crippen molar-refractivity contribution in [2.75, 3.05) is 0 Å². The van der Waals surface area contributed by atoms with E-state index in [1.54, 1.807) is 6.20 Å². The maximum absolute atomic E-state index is 5.67. The van der Waals surface area contributed by atoms with Gasteiger partial charge in [0.2, 0.25) is 5.88 Å². The molecule has 0 saturated carbocycles. The van der Waals surface area contributed by atoms with Crippen molar-refractivity contribution in [1.29, 1.82) is 0 Å². The molecule has 0 aliphatic carbocycles. The molecule has 2 rings (SSSR count). The van der Waals surface area contributed by atoms with E-state index in [2.05, 4.69) is 21.4 Å². The Morgan fingerprint density at radius 3 is 2.89 bits per heavy atom. The number of rotatable bonds is 6. The van der Waals surface area contributed by atoms with Crippen LogP contribution in [-0.4, -0.2) is 16.1 Å². The molecule has 0 saturated heterocycles. The Bertz CT molecular complexity index is 466. The van der Waals surface area contributed by atoms with Crippen LogP contribution >= 0.6 is 0 Å². The summed E-state index contributed by atoms with van der Waals surface area (Å²) in [6.07, 6.45) is 3.82. The van der Waals surface area contributed by atoms with Gasteiger partial charge in [0, 0.05) is 36.7 Å². The van der Waals surface area contributed by atoms with Crippen molar-refractivity contribution in [2.24, 2.45) is 0 Å².